The maximum absolute atomic E-state index is 11.4. The summed E-state index contributed by atoms with van der Waals surface area (Å²) in [6, 6.07) is -0.516. The van der Waals surface area contributed by atoms with Crippen LogP contribution in [0.3, 0.4) is 0 Å². The van der Waals surface area contributed by atoms with Crippen LogP contribution in [0, 0.1) is 0 Å². The average molecular weight is 255 g/mol. The number of rotatable bonds is 6. The molecule has 3 amide bonds. The van der Waals surface area contributed by atoms with Crippen molar-refractivity contribution in [3.63, 3.8) is 0 Å². The van der Waals surface area contributed by atoms with E-state index in [2.05, 4.69) is 20.9 Å². The highest BCUT2D eigenvalue weighted by molar-refractivity contribution is 5.94. The van der Waals surface area contributed by atoms with Crippen LogP contribution in [0.5, 0.6) is 0 Å². The molecule has 0 fully saturated rings. The fourth-order valence-corrected chi connectivity index (χ4v) is 1.24. The molecule has 1 aromatic rings. The fourth-order valence-electron chi connectivity index (χ4n) is 1.24. The highest BCUT2D eigenvalue weighted by atomic mass is 16.3. The van der Waals surface area contributed by atoms with Gasteiger partial charge in [0.25, 0.3) is 0 Å². The summed E-state index contributed by atoms with van der Waals surface area (Å²) in [6.07, 6.45) is 2.74. The van der Waals surface area contributed by atoms with E-state index in [0.29, 0.717) is 18.7 Å². The molecule has 1 aromatic heterocycles. The highest BCUT2D eigenvalue weighted by Gasteiger charge is 2.09. The van der Waals surface area contributed by atoms with E-state index in [4.69, 9.17) is 5.11 Å². The van der Waals surface area contributed by atoms with Crippen molar-refractivity contribution in [1.82, 2.24) is 25.6 Å². The number of carbonyl (C=O) groups excluding carboxylic acids is 2. The molecule has 1 heterocycles. The summed E-state index contributed by atoms with van der Waals surface area (Å²) in [7, 11) is 0. The first-order chi connectivity index (χ1) is 8.65. The lowest BCUT2D eigenvalue weighted by molar-refractivity contribution is -0.120. The van der Waals surface area contributed by atoms with Gasteiger partial charge in [0.15, 0.2) is 0 Å². The number of aromatic nitrogens is 3. The average Bonchev–Trinajstić information content (AvgIpc) is 2.74. The number of hydrogen-bond donors (Lipinski definition) is 3. The second kappa shape index (κ2) is 7.38. The third-order valence-electron chi connectivity index (χ3n) is 2.05. The first kappa shape index (κ1) is 14.1. The number of hydrogen-bond acceptors (Lipinski definition) is 5. The van der Waals surface area contributed by atoms with Gasteiger partial charge < -0.3 is 10.4 Å². The van der Waals surface area contributed by atoms with Crippen LogP contribution in [0.2, 0.25) is 0 Å². The summed E-state index contributed by atoms with van der Waals surface area (Å²) in [5.41, 5.74) is 0.598. The predicted molar refractivity (Wildman–Crippen MR) is 62.6 cm³/mol. The molecule has 1 rings (SSSR count). The number of urea groups is 1. The normalized spacial score (nSPS) is 10.1. The number of aliphatic hydroxyl groups is 1. The molecular formula is C10H17N5O3. The van der Waals surface area contributed by atoms with Crippen molar-refractivity contribution >= 4 is 11.9 Å². The predicted octanol–water partition coefficient (Wildman–Crippen LogP) is -0.951. The number of carbonyl (C=O) groups is 2. The number of amides is 3. The molecular weight excluding hydrogens is 238 g/mol. The van der Waals surface area contributed by atoms with E-state index in [1.165, 1.54) is 4.68 Å². The first-order valence-corrected chi connectivity index (χ1v) is 5.73. The van der Waals surface area contributed by atoms with Crippen LogP contribution in [-0.2, 0) is 17.8 Å². The Morgan fingerprint density at radius 3 is 2.94 bits per heavy atom. The minimum absolute atomic E-state index is 0.0235. The Bertz CT molecular complexity index is 404. The maximum atomic E-state index is 11.4. The Hall–Kier alpha value is -1.96. The molecule has 8 nitrogen and oxygen atoms in total. The standard InChI is InChI=1S/C10H17N5O3/c1-2-4-11-10(18)12-9(17)7-15-6-8(3-5-16)13-14-15/h6,16H,2-5,7H2,1H3,(H2,11,12,17,18). The number of nitrogens with one attached hydrogen (secondary N) is 2. The number of imide groups is 1. The van der Waals surface area contributed by atoms with Crippen molar-refractivity contribution in [2.24, 2.45) is 0 Å². The third kappa shape index (κ3) is 4.91. The zero-order chi connectivity index (χ0) is 13.4. The lowest BCUT2D eigenvalue weighted by Gasteiger charge is -2.04. The lowest BCUT2D eigenvalue weighted by Crippen LogP contribution is -2.41. The van der Waals surface area contributed by atoms with E-state index in [1.54, 1.807) is 6.20 Å². The van der Waals surface area contributed by atoms with Gasteiger partial charge in [0.2, 0.25) is 5.91 Å². The molecule has 0 aromatic carbocycles. The molecule has 100 valence electrons. The third-order valence-corrected chi connectivity index (χ3v) is 2.05. The van der Waals surface area contributed by atoms with E-state index in [9.17, 15) is 9.59 Å². The topological polar surface area (TPSA) is 109 Å². The quantitative estimate of drug-likeness (QED) is 0.607. The van der Waals surface area contributed by atoms with Crippen LogP contribution in [0.15, 0.2) is 6.20 Å². The number of aliphatic hydroxyl groups excluding tert-OH is 1. The smallest absolute Gasteiger partial charge is 0.321 e. The Morgan fingerprint density at radius 1 is 1.50 bits per heavy atom. The van der Waals surface area contributed by atoms with Gasteiger partial charge in [-0.25, -0.2) is 9.48 Å². The molecule has 0 aliphatic carbocycles. The van der Waals surface area contributed by atoms with Crippen LogP contribution >= 0.6 is 0 Å². The Morgan fingerprint density at radius 2 is 2.28 bits per heavy atom. The molecule has 0 aliphatic heterocycles. The van der Waals surface area contributed by atoms with E-state index in [0.717, 1.165) is 6.42 Å². The zero-order valence-corrected chi connectivity index (χ0v) is 10.2. The van der Waals surface area contributed by atoms with Crippen LogP contribution in [0.4, 0.5) is 4.79 Å². The molecule has 8 heteroatoms. The van der Waals surface area contributed by atoms with Gasteiger partial charge >= 0.3 is 6.03 Å². The Kier molecular flexibility index (Phi) is 5.78. The van der Waals surface area contributed by atoms with E-state index in [-0.39, 0.29) is 13.2 Å². The highest BCUT2D eigenvalue weighted by Crippen LogP contribution is 1.93. The Balaban J connectivity index is 2.36. The van der Waals surface area contributed by atoms with Gasteiger partial charge in [-0.15, -0.1) is 5.10 Å². The van der Waals surface area contributed by atoms with E-state index in [1.807, 2.05) is 6.92 Å². The van der Waals surface area contributed by atoms with Crippen molar-refractivity contribution < 1.29 is 14.7 Å². The molecule has 0 spiro atoms. The van der Waals surface area contributed by atoms with E-state index < -0.39 is 11.9 Å². The Labute approximate surface area is 104 Å². The molecule has 0 saturated carbocycles. The fraction of sp³-hybridized carbons (Fsp3) is 0.600. The lowest BCUT2D eigenvalue weighted by atomic mass is 10.3. The summed E-state index contributed by atoms with van der Waals surface area (Å²) in [5, 5.41) is 20.9. The van der Waals surface area contributed by atoms with Gasteiger partial charge in [0.05, 0.1) is 5.69 Å². The minimum atomic E-state index is -0.516. The molecule has 0 saturated heterocycles. The van der Waals surface area contributed by atoms with Crippen LogP contribution in [0.1, 0.15) is 19.0 Å². The molecule has 0 atom stereocenters. The molecule has 0 bridgehead atoms. The number of nitrogens with zero attached hydrogens (tertiary/aromatic N) is 3. The van der Waals surface area contributed by atoms with Crippen molar-refractivity contribution in [2.75, 3.05) is 13.2 Å². The van der Waals surface area contributed by atoms with Crippen molar-refractivity contribution in [2.45, 2.75) is 26.3 Å². The second-order valence-electron chi connectivity index (χ2n) is 3.69. The second-order valence-corrected chi connectivity index (χ2v) is 3.69. The zero-order valence-electron chi connectivity index (χ0n) is 10.2. The first-order valence-electron chi connectivity index (χ1n) is 5.73. The van der Waals surface area contributed by atoms with Gasteiger partial charge in [0.1, 0.15) is 6.54 Å². The monoisotopic (exact) mass is 255 g/mol. The molecule has 0 unspecified atom stereocenters. The van der Waals surface area contributed by atoms with Crippen molar-refractivity contribution in [3.8, 4) is 0 Å². The molecule has 0 aliphatic rings. The summed E-state index contributed by atoms with van der Waals surface area (Å²) in [5.74, 6) is -0.468. The summed E-state index contributed by atoms with van der Waals surface area (Å²) in [6.45, 7) is 2.32. The van der Waals surface area contributed by atoms with Crippen LogP contribution in [0.25, 0.3) is 0 Å². The largest absolute Gasteiger partial charge is 0.396 e. The van der Waals surface area contributed by atoms with E-state index >= 15 is 0 Å². The molecule has 18 heavy (non-hydrogen) atoms. The van der Waals surface area contributed by atoms with Crippen molar-refractivity contribution in [3.05, 3.63) is 11.9 Å². The van der Waals surface area contributed by atoms with Crippen LogP contribution in [-0.4, -0.2) is 45.2 Å². The van der Waals surface area contributed by atoms with Crippen LogP contribution < -0.4 is 10.6 Å². The van der Waals surface area contributed by atoms with Crippen molar-refractivity contribution in [1.29, 1.82) is 0 Å². The molecule has 3 N–H and O–H groups in total. The summed E-state index contributed by atoms with van der Waals surface area (Å²) in [4.78, 5) is 22.6. The van der Waals surface area contributed by atoms with Gasteiger partial charge in [-0.3, -0.25) is 10.1 Å². The minimum Gasteiger partial charge on any atom is -0.396 e. The SMILES string of the molecule is CCCNC(=O)NC(=O)Cn1cc(CCO)nn1. The summed E-state index contributed by atoms with van der Waals surface area (Å²) < 4.78 is 1.31. The maximum Gasteiger partial charge on any atom is 0.321 e. The van der Waals surface area contributed by atoms with Gasteiger partial charge in [-0.05, 0) is 6.42 Å². The van der Waals surface area contributed by atoms with Gasteiger partial charge in [-0.1, -0.05) is 12.1 Å². The molecule has 0 radical (unpaired) electrons. The summed E-state index contributed by atoms with van der Waals surface area (Å²) >= 11 is 0. The van der Waals surface area contributed by atoms with Gasteiger partial charge in [0, 0.05) is 25.8 Å². The van der Waals surface area contributed by atoms with Gasteiger partial charge in [-0.2, -0.15) is 0 Å².